The summed E-state index contributed by atoms with van der Waals surface area (Å²) >= 11 is 0. The van der Waals surface area contributed by atoms with Crippen LogP contribution >= 0.6 is 0 Å². The molecule has 4 nitrogen and oxygen atoms in total. The summed E-state index contributed by atoms with van der Waals surface area (Å²) in [5.74, 6) is 0.673. The Morgan fingerprint density at radius 1 is 1.31 bits per heavy atom. The molecule has 88 valence electrons. The minimum absolute atomic E-state index is 0.0925. The first-order valence-corrected chi connectivity index (χ1v) is 5.19. The van der Waals surface area contributed by atoms with Crippen LogP contribution in [0, 0.1) is 0 Å². The van der Waals surface area contributed by atoms with Gasteiger partial charge in [-0.2, -0.15) is 0 Å². The Labute approximate surface area is 96.0 Å². The molecule has 0 fully saturated rings. The van der Waals surface area contributed by atoms with Gasteiger partial charge in [-0.1, -0.05) is 6.07 Å². The summed E-state index contributed by atoms with van der Waals surface area (Å²) in [6, 6.07) is 5.06. The second-order valence-electron chi connectivity index (χ2n) is 3.80. The fraction of sp³-hybridized carbons (Fsp3) is 0.455. The van der Waals surface area contributed by atoms with E-state index in [0.29, 0.717) is 17.8 Å². The molecule has 0 aliphatic heterocycles. The lowest BCUT2D eigenvalue weighted by Gasteiger charge is -2.13. The highest BCUT2D eigenvalue weighted by atomic mass is 16.5. The minimum atomic E-state index is -1.49. The van der Waals surface area contributed by atoms with Gasteiger partial charge in [-0.05, 0) is 37.0 Å². The molecule has 0 radical (unpaired) electrons. The van der Waals surface area contributed by atoms with E-state index in [1.54, 1.807) is 25.3 Å². The quantitative estimate of drug-likeness (QED) is 0.706. The highest BCUT2D eigenvalue weighted by Gasteiger charge is 2.16. The van der Waals surface area contributed by atoms with Gasteiger partial charge in [-0.15, -0.1) is 0 Å². The zero-order valence-corrected chi connectivity index (χ0v) is 9.80. The van der Waals surface area contributed by atoms with Crippen molar-refractivity contribution < 1.29 is 19.5 Å². The molecule has 0 unspecified atom stereocenters. The molecule has 0 heterocycles. The largest absolute Gasteiger partial charge is 0.497 e. The third-order valence-electron chi connectivity index (χ3n) is 2.20. The lowest BCUT2D eigenvalue weighted by molar-refractivity contribution is 0.0659. The van der Waals surface area contributed by atoms with Crippen LogP contribution in [0.2, 0.25) is 0 Å². The number of methoxy groups -OCH3 is 1. The van der Waals surface area contributed by atoms with Crippen LogP contribution in [0.1, 0.15) is 19.4 Å². The van der Waals surface area contributed by atoms with Gasteiger partial charge < -0.3 is 19.5 Å². The fourth-order valence-electron chi connectivity index (χ4n) is 1.34. The van der Waals surface area contributed by atoms with Crippen molar-refractivity contribution in [2.45, 2.75) is 26.6 Å². The van der Waals surface area contributed by atoms with Crippen LogP contribution in [0.5, 0.6) is 5.75 Å². The maximum atomic E-state index is 9.19. The molecule has 0 bridgehead atoms. The molecule has 0 aromatic heterocycles. The average Bonchev–Trinajstić information content (AvgIpc) is 2.25. The van der Waals surface area contributed by atoms with E-state index in [1.807, 2.05) is 13.8 Å². The third-order valence-corrected chi connectivity index (χ3v) is 2.20. The van der Waals surface area contributed by atoms with Crippen LogP contribution in [0.15, 0.2) is 18.2 Å². The van der Waals surface area contributed by atoms with Crippen molar-refractivity contribution in [3.63, 3.8) is 0 Å². The summed E-state index contributed by atoms with van der Waals surface area (Å²) in [5, 5.41) is 18.4. The van der Waals surface area contributed by atoms with Gasteiger partial charge in [0.15, 0.2) is 0 Å². The molecule has 2 N–H and O–H groups in total. The van der Waals surface area contributed by atoms with Crippen LogP contribution in [-0.2, 0) is 11.3 Å². The molecule has 0 saturated carbocycles. The molecule has 5 heteroatoms. The molecular formula is C11H17BO4. The van der Waals surface area contributed by atoms with Crippen molar-refractivity contribution in [3.8, 4) is 5.75 Å². The van der Waals surface area contributed by atoms with Gasteiger partial charge in [0.2, 0.25) is 0 Å². The highest BCUT2D eigenvalue weighted by molar-refractivity contribution is 6.59. The van der Waals surface area contributed by atoms with Crippen LogP contribution in [0.25, 0.3) is 0 Å². The Kier molecular flexibility index (Phi) is 4.80. The third kappa shape index (κ3) is 3.52. The number of hydrogen-bond acceptors (Lipinski definition) is 4. The van der Waals surface area contributed by atoms with Crippen LogP contribution in [0.4, 0.5) is 0 Å². The fourth-order valence-corrected chi connectivity index (χ4v) is 1.34. The van der Waals surface area contributed by atoms with Crippen molar-refractivity contribution in [2.24, 2.45) is 0 Å². The maximum absolute atomic E-state index is 9.19. The smallest absolute Gasteiger partial charge is 0.488 e. The van der Waals surface area contributed by atoms with Gasteiger partial charge in [0.1, 0.15) is 5.75 Å². The first kappa shape index (κ1) is 13.0. The van der Waals surface area contributed by atoms with Gasteiger partial charge >= 0.3 is 7.12 Å². The minimum Gasteiger partial charge on any atom is -0.497 e. The second kappa shape index (κ2) is 5.89. The highest BCUT2D eigenvalue weighted by Crippen LogP contribution is 2.13. The van der Waals surface area contributed by atoms with Crippen LogP contribution < -0.4 is 10.2 Å². The molecule has 16 heavy (non-hydrogen) atoms. The topological polar surface area (TPSA) is 58.9 Å². The van der Waals surface area contributed by atoms with E-state index in [2.05, 4.69) is 0 Å². The second-order valence-corrected chi connectivity index (χ2v) is 3.80. The van der Waals surface area contributed by atoms with E-state index in [9.17, 15) is 10.0 Å². The predicted molar refractivity (Wildman–Crippen MR) is 62.7 cm³/mol. The first-order valence-electron chi connectivity index (χ1n) is 5.19. The van der Waals surface area contributed by atoms with Crippen molar-refractivity contribution in [1.29, 1.82) is 0 Å². The van der Waals surface area contributed by atoms with Gasteiger partial charge in [-0.25, -0.2) is 0 Å². The molecule has 0 spiro atoms. The van der Waals surface area contributed by atoms with Crippen LogP contribution in [0.3, 0.4) is 0 Å². The van der Waals surface area contributed by atoms with Crippen molar-refractivity contribution in [2.75, 3.05) is 7.11 Å². The summed E-state index contributed by atoms with van der Waals surface area (Å²) in [6.45, 7) is 4.19. The SMILES string of the molecule is COc1ccc(B(O)O)c(COC(C)C)c1. The molecule has 0 atom stereocenters. The van der Waals surface area contributed by atoms with Gasteiger partial charge in [0.05, 0.1) is 19.8 Å². The van der Waals surface area contributed by atoms with E-state index in [-0.39, 0.29) is 6.10 Å². The van der Waals surface area contributed by atoms with Crippen molar-refractivity contribution in [3.05, 3.63) is 23.8 Å². The molecule has 0 amide bonds. The van der Waals surface area contributed by atoms with Gasteiger partial charge in [0, 0.05) is 0 Å². The Bertz CT molecular complexity index is 339. The molecule has 1 aromatic rings. The molecule has 1 aromatic carbocycles. The lowest BCUT2D eigenvalue weighted by Crippen LogP contribution is -2.33. The predicted octanol–water partition coefficient (Wildman–Crippen LogP) is 0.300. The Hall–Kier alpha value is -1.04. The Morgan fingerprint density at radius 3 is 2.50 bits per heavy atom. The molecule has 1 rings (SSSR count). The lowest BCUT2D eigenvalue weighted by atomic mass is 9.77. The maximum Gasteiger partial charge on any atom is 0.488 e. The standard InChI is InChI=1S/C11H17BO4/c1-8(2)16-7-9-6-10(15-3)4-5-11(9)12(13)14/h4-6,8,13-14H,7H2,1-3H3. The molecule has 0 aliphatic rings. The number of benzene rings is 1. The normalized spacial score (nSPS) is 10.6. The summed E-state index contributed by atoms with van der Waals surface area (Å²) < 4.78 is 10.5. The molecule has 0 saturated heterocycles. The van der Waals surface area contributed by atoms with Crippen LogP contribution in [-0.4, -0.2) is 30.4 Å². The van der Waals surface area contributed by atoms with E-state index in [4.69, 9.17) is 9.47 Å². The Balaban J connectivity index is 2.91. The van der Waals surface area contributed by atoms with Gasteiger partial charge in [-0.3, -0.25) is 0 Å². The average molecular weight is 224 g/mol. The molecule has 0 aliphatic carbocycles. The van der Waals surface area contributed by atoms with E-state index >= 15 is 0 Å². The zero-order valence-electron chi connectivity index (χ0n) is 9.80. The van der Waals surface area contributed by atoms with E-state index < -0.39 is 7.12 Å². The number of hydrogen-bond donors (Lipinski definition) is 2. The monoisotopic (exact) mass is 224 g/mol. The van der Waals surface area contributed by atoms with E-state index in [1.165, 1.54) is 0 Å². The zero-order chi connectivity index (χ0) is 12.1. The first-order chi connectivity index (χ1) is 7.54. The van der Waals surface area contributed by atoms with Crippen molar-refractivity contribution >= 4 is 12.6 Å². The van der Waals surface area contributed by atoms with Crippen molar-refractivity contribution in [1.82, 2.24) is 0 Å². The number of rotatable bonds is 5. The Morgan fingerprint density at radius 2 is 2.00 bits per heavy atom. The van der Waals surface area contributed by atoms with Gasteiger partial charge in [0.25, 0.3) is 0 Å². The summed E-state index contributed by atoms with van der Waals surface area (Å²) in [7, 11) is 0.0777. The van der Waals surface area contributed by atoms with E-state index in [0.717, 1.165) is 5.56 Å². The number of ether oxygens (including phenoxy) is 2. The molecular weight excluding hydrogens is 207 g/mol. The summed E-state index contributed by atoms with van der Waals surface area (Å²) in [5.41, 5.74) is 1.17. The summed E-state index contributed by atoms with van der Waals surface area (Å²) in [6.07, 6.45) is 0.0925. The summed E-state index contributed by atoms with van der Waals surface area (Å²) in [4.78, 5) is 0.